The number of ether oxygens (including phenoxy) is 1. The van der Waals surface area contributed by atoms with Crippen molar-refractivity contribution in [3.05, 3.63) is 29.7 Å². The van der Waals surface area contributed by atoms with Gasteiger partial charge in [0.05, 0.1) is 23.4 Å². The van der Waals surface area contributed by atoms with Crippen LogP contribution in [0.25, 0.3) is 4.96 Å². The van der Waals surface area contributed by atoms with E-state index < -0.39 is 0 Å². The molecule has 0 fully saturated rings. The molecule has 0 amide bonds. The van der Waals surface area contributed by atoms with Gasteiger partial charge in [-0.05, 0) is 0 Å². The summed E-state index contributed by atoms with van der Waals surface area (Å²) >= 11 is 3.30. The zero-order valence-corrected chi connectivity index (χ0v) is 13.6. The number of aromatic nitrogens is 4. The van der Waals surface area contributed by atoms with E-state index in [0.717, 1.165) is 28.0 Å². The summed E-state index contributed by atoms with van der Waals surface area (Å²) in [6, 6.07) is 0. The largest absolute Gasteiger partial charge is 0.383 e. The highest BCUT2D eigenvalue weighted by Crippen LogP contribution is 2.31. The summed E-state index contributed by atoms with van der Waals surface area (Å²) in [6.07, 6.45) is 5.92. The quantitative estimate of drug-likeness (QED) is 0.674. The van der Waals surface area contributed by atoms with Crippen molar-refractivity contribution in [2.75, 3.05) is 20.3 Å². The van der Waals surface area contributed by atoms with Crippen LogP contribution in [0.3, 0.4) is 0 Å². The summed E-state index contributed by atoms with van der Waals surface area (Å²) in [5.41, 5.74) is 1.18. The highest BCUT2D eigenvalue weighted by atomic mass is 32.2. The van der Waals surface area contributed by atoms with Gasteiger partial charge in [0.15, 0.2) is 4.96 Å². The van der Waals surface area contributed by atoms with Crippen LogP contribution in [0.2, 0.25) is 0 Å². The highest BCUT2D eigenvalue weighted by molar-refractivity contribution is 7.99. The van der Waals surface area contributed by atoms with Crippen LogP contribution >= 0.6 is 23.1 Å². The van der Waals surface area contributed by atoms with E-state index >= 15 is 0 Å². The number of imidazole rings is 1. The molecule has 3 aromatic heterocycles. The fourth-order valence-corrected chi connectivity index (χ4v) is 3.74. The average Bonchev–Trinajstić information content (AvgIpc) is 3.13. The summed E-state index contributed by atoms with van der Waals surface area (Å²) in [4.78, 5) is 6.83. The molecule has 0 radical (unpaired) electrons. The second-order valence-corrected chi connectivity index (χ2v) is 6.48. The van der Waals surface area contributed by atoms with E-state index in [2.05, 4.69) is 26.4 Å². The van der Waals surface area contributed by atoms with Crippen LogP contribution in [0.15, 0.2) is 33.9 Å². The lowest BCUT2D eigenvalue weighted by Gasteiger charge is -2.05. The van der Waals surface area contributed by atoms with Gasteiger partial charge in [-0.1, -0.05) is 11.8 Å². The molecule has 0 atom stereocenters. The number of hydrogen-bond acceptors (Lipinski definition) is 6. The normalized spacial score (nSPS) is 11.5. The first-order valence-electron chi connectivity index (χ1n) is 6.58. The SMILES string of the molecule is COCCNCc1c(Sc2cnn(C)c2)nc2sccn12. The first-order chi connectivity index (χ1) is 10.3. The van der Waals surface area contributed by atoms with Crippen LogP contribution in [0.4, 0.5) is 0 Å². The number of thiazole rings is 1. The van der Waals surface area contributed by atoms with Gasteiger partial charge in [0.2, 0.25) is 0 Å². The predicted molar refractivity (Wildman–Crippen MR) is 84.0 cm³/mol. The predicted octanol–water partition coefficient (Wildman–Crippen LogP) is 2.02. The molecule has 0 aliphatic carbocycles. The van der Waals surface area contributed by atoms with Gasteiger partial charge in [0.1, 0.15) is 5.03 Å². The third-order valence-corrected chi connectivity index (χ3v) is 4.72. The van der Waals surface area contributed by atoms with Crippen molar-refractivity contribution in [1.29, 1.82) is 0 Å². The zero-order chi connectivity index (χ0) is 14.7. The van der Waals surface area contributed by atoms with Crippen molar-refractivity contribution in [2.45, 2.75) is 16.5 Å². The van der Waals surface area contributed by atoms with E-state index in [1.807, 2.05) is 19.4 Å². The van der Waals surface area contributed by atoms with Crippen LogP contribution in [0.5, 0.6) is 0 Å². The van der Waals surface area contributed by atoms with Crippen LogP contribution in [0, 0.1) is 0 Å². The van der Waals surface area contributed by atoms with E-state index in [-0.39, 0.29) is 0 Å². The van der Waals surface area contributed by atoms with Crippen molar-refractivity contribution in [1.82, 2.24) is 24.5 Å². The molecule has 6 nitrogen and oxygen atoms in total. The van der Waals surface area contributed by atoms with Crippen LogP contribution in [0.1, 0.15) is 5.69 Å². The number of nitrogens with one attached hydrogen (secondary N) is 1. The number of rotatable bonds is 7. The van der Waals surface area contributed by atoms with Gasteiger partial charge in [-0.2, -0.15) is 5.10 Å². The molecule has 0 spiro atoms. The van der Waals surface area contributed by atoms with Crippen LogP contribution < -0.4 is 5.32 Å². The molecule has 0 bridgehead atoms. The lowest BCUT2D eigenvalue weighted by atomic mass is 10.4. The minimum atomic E-state index is 0.705. The molecule has 0 aromatic carbocycles. The Morgan fingerprint density at radius 2 is 2.38 bits per heavy atom. The van der Waals surface area contributed by atoms with Crippen LogP contribution in [-0.4, -0.2) is 39.4 Å². The first kappa shape index (κ1) is 14.6. The van der Waals surface area contributed by atoms with Crippen molar-refractivity contribution in [3.63, 3.8) is 0 Å². The standard InChI is InChI=1S/C13H17N5OS2/c1-17-9-10(7-15-17)21-12-11(8-14-3-5-19-2)18-4-6-20-13(18)16-12/h4,6-7,9,14H,3,5,8H2,1-2H3. The summed E-state index contributed by atoms with van der Waals surface area (Å²) in [7, 11) is 3.63. The number of nitrogens with zero attached hydrogens (tertiary/aromatic N) is 4. The van der Waals surface area contributed by atoms with Crippen molar-refractivity contribution >= 4 is 28.1 Å². The lowest BCUT2D eigenvalue weighted by molar-refractivity contribution is 0.199. The highest BCUT2D eigenvalue weighted by Gasteiger charge is 2.14. The Hall–Kier alpha value is -1.35. The fraction of sp³-hybridized carbons (Fsp3) is 0.385. The van der Waals surface area contributed by atoms with Gasteiger partial charge >= 0.3 is 0 Å². The molecule has 21 heavy (non-hydrogen) atoms. The Morgan fingerprint density at radius 1 is 1.48 bits per heavy atom. The molecular weight excluding hydrogens is 306 g/mol. The number of aryl methyl sites for hydroxylation is 1. The van der Waals surface area contributed by atoms with E-state index in [0.29, 0.717) is 6.61 Å². The number of fused-ring (bicyclic) bond motifs is 1. The number of methoxy groups -OCH3 is 1. The van der Waals surface area contributed by atoms with E-state index in [1.165, 1.54) is 5.69 Å². The maximum atomic E-state index is 5.06. The third-order valence-electron chi connectivity index (χ3n) is 3.00. The zero-order valence-electron chi connectivity index (χ0n) is 11.9. The molecule has 3 aromatic rings. The Morgan fingerprint density at radius 3 is 3.14 bits per heavy atom. The Balaban J connectivity index is 1.81. The summed E-state index contributed by atoms with van der Waals surface area (Å²) in [5.74, 6) is 0. The van der Waals surface area contributed by atoms with Gasteiger partial charge in [0.25, 0.3) is 0 Å². The van der Waals surface area contributed by atoms with Crippen molar-refractivity contribution in [3.8, 4) is 0 Å². The maximum Gasteiger partial charge on any atom is 0.194 e. The monoisotopic (exact) mass is 323 g/mol. The maximum absolute atomic E-state index is 5.06. The molecule has 0 saturated heterocycles. The Bertz CT molecular complexity index is 717. The van der Waals surface area contributed by atoms with Crippen molar-refractivity contribution < 1.29 is 4.74 Å². The molecule has 1 N–H and O–H groups in total. The lowest BCUT2D eigenvalue weighted by Crippen LogP contribution is -2.19. The molecular formula is C13H17N5OS2. The van der Waals surface area contributed by atoms with Gasteiger partial charge in [0, 0.05) is 45.0 Å². The average molecular weight is 323 g/mol. The Labute approximate surface area is 131 Å². The molecule has 3 heterocycles. The summed E-state index contributed by atoms with van der Waals surface area (Å²) in [5, 5.41) is 10.7. The van der Waals surface area contributed by atoms with E-state index in [1.54, 1.807) is 34.9 Å². The summed E-state index contributed by atoms with van der Waals surface area (Å²) < 4.78 is 9.01. The second-order valence-electron chi connectivity index (χ2n) is 4.54. The third kappa shape index (κ3) is 3.29. The molecule has 0 unspecified atom stereocenters. The molecule has 112 valence electrons. The van der Waals surface area contributed by atoms with Gasteiger partial charge < -0.3 is 10.1 Å². The molecule has 8 heteroatoms. The van der Waals surface area contributed by atoms with Gasteiger partial charge in [-0.25, -0.2) is 4.98 Å². The number of hydrogen-bond donors (Lipinski definition) is 1. The molecule has 0 aliphatic rings. The van der Waals surface area contributed by atoms with E-state index in [4.69, 9.17) is 9.72 Å². The first-order valence-corrected chi connectivity index (χ1v) is 8.28. The van der Waals surface area contributed by atoms with E-state index in [9.17, 15) is 0 Å². The fourth-order valence-electron chi connectivity index (χ4n) is 2.00. The van der Waals surface area contributed by atoms with Gasteiger partial charge in [-0.3, -0.25) is 9.08 Å². The summed E-state index contributed by atoms with van der Waals surface area (Å²) in [6.45, 7) is 2.30. The molecule has 3 rings (SSSR count). The van der Waals surface area contributed by atoms with Gasteiger partial charge in [-0.15, -0.1) is 11.3 Å². The molecule has 0 saturated carbocycles. The molecule has 0 aliphatic heterocycles. The smallest absolute Gasteiger partial charge is 0.194 e. The minimum Gasteiger partial charge on any atom is -0.383 e. The van der Waals surface area contributed by atoms with Crippen LogP contribution in [-0.2, 0) is 18.3 Å². The second kappa shape index (κ2) is 6.61. The topological polar surface area (TPSA) is 56.4 Å². The Kier molecular flexibility index (Phi) is 4.59. The van der Waals surface area contributed by atoms with Crippen molar-refractivity contribution in [2.24, 2.45) is 7.05 Å². The minimum absolute atomic E-state index is 0.705.